The first kappa shape index (κ1) is 21.3. The predicted octanol–water partition coefficient (Wildman–Crippen LogP) is 3.50. The van der Waals surface area contributed by atoms with Crippen molar-refractivity contribution in [2.45, 2.75) is 25.4 Å². The molecule has 0 radical (unpaired) electrons. The highest BCUT2D eigenvalue weighted by molar-refractivity contribution is 5.67. The number of ether oxygens (including phenoxy) is 1. The second-order valence-electron chi connectivity index (χ2n) is 7.96. The van der Waals surface area contributed by atoms with Crippen LogP contribution in [-0.4, -0.2) is 73.7 Å². The summed E-state index contributed by atoms with van der Waals surface area (Å²) in [6.07, 6.45) is 1.77. The van der Waals surface area contributed by atoms with Crippen molar-refractivity contribution in [1.29, 1.82) is 0 Å². The summed E-state index contributed by atoms with van der Waals surface area (Å²) in [4.78, 5) is 19.3. The molecule has 2 aromatic rings. The van der Waals surface area contributed by atoms with Gasteiger partial charge in [0.25, 0.3) is 0 Å². The average Bonchev–Trinajstić information content (AvgIpc) is 3.22. The number of amides is 1. The van der Waals surface area contributed by atoms with Gasteiger partial charge in [-0.05, 0) is 44.6 Å². The van der Waals surface area contributed by atoms with Gasteiger partial charge in [-0.1, -0.05) is 60.7 Å². The number of carbonyl (C=O) groups excluding carboxylic acids is 1. The first-order chi connectivity index (χ1) is 14.1. The number of likely N-dealkylation sites (tertiary alicyclic amines) is 1. The molecule has 0 spiro atoms. The summed E-state index contributed by atoms with van der Waals surface area (Å²) in [5.74, 6) is 0. The van der Waals surface area contributed by atoms with Crippen molar-refractivity contribution in [2.75, 3.05) is 46.9 Å². The van der Waals surface area contributed by atoms with E-state index in [1.807, 2.05) is 41.3 Å². The van der Waals surface area contributed by atoms with Crippen molar-refractivity contribution >= 4 is 6.09 Å². The Balaban J connectivity index is 1.51. The molecule has 1 atom stereocenters. The normalized spacial score (nSPS) is 16.9. The zero-order valence-electron chi connectivity index (χ0n) is 17.7. The topological polar surface area (TPSA) is 36.0 Å². The standard InChI is InChI=1S/C24H33N3O2/c1-25(2)23-14-15-26(20-23)17-18-29-24(28)27(19-22-11-7-4-8-12-22)16-13-21-9-5-3-6-10-21/h3-12,23H,13-20H2,1-2H3/t23-/m0/s1. The lowest BCUT2D eigenvalue weighted by molar-refractivity contribution is 0.0905. The van der Waals surface area contributed by atoms with Gasteiger partial charge in [0.15, 0.2) is 0 Å². The smallest absolute Gasteiger partial charge is 0.410 e. The fourth-order valence-corrected chi connectivity index (χ4v) is 3.74. The number of rotatable bonds is 9. The van der Waals surface area contributed by atoms with Gasteiger partial charge in [-0.15, -0.1) is 0 Å². The molecule has 1 saturated heterocycles. The van der Waals surface area contributed by atoms with Gasteiger partial charge >= 0.3 is 6.09 Å². The molecule has 0 saturated carbocycles. The Morgan fingerprint density at radius 3 is 2.31 bits per heavy atom. The number of nitrogens with zero attached hydrogens (tertiary/aromatic N) is 3. The van der Waals surface area contributed by atoms with E-state index in [2.05, 4.69) is 48.2 Å². The zero-order chi connectivity index (χ0) is 20.5. The molecule has 5 nitrogen and oxygen atoms in total. The van der Waals surface area contributed by atoms with Crippen LogP contribution in [0, 0.1) is 0 Å². The average molecular weight is 396 g/mol. The van der Waals surface area contributed by atoms with E-state index in [9.17, 15) is 4.79 Å². The molecule has 0 N–H and O–H groups in total. The largest absolute Gasteiger partial charge is 0.448 e. The number of carbonyl (C=O) groups is 1. The van der Waals surface area contributed by atoms with Crippen LogP contribution in [0.1, 0.15) is 17.5 Å². The third-order valence-electron chi connectivity index (χ3n) is 5.60. The van der Waals surface area contributed by atoms with Crippen molar-refractivity contribution in [2.24, 2.45) is 0 Å². The van der Waals surface area contributed by atoms with E-state index < -0.39 is 0 Å². The molecular formula is C24H33N3O2. The van der Waals surface area contributed by atoms with Crippen LogP contribution < -0.4 is 0 Å². The molecule has 0 aromatic heterocycles. The molecule has 1 fully saturated rings. The van der Waals surface area contributed by atoms with Crippen molar-refractivity contribution in [3.63, 3.8) is 0 Å². The Hall–Kier alpha value is -2.37. The van der Waals surface area contributed by atoms with E-state index in [1.165, 1.54) is 12.0 Å². The molecule has 1 heterocycles. The summed E-state index contributed by atoms with van der Waals surface area (Å²) in [5, 5.41) is 0. The van der Waals surface area contributed by atoms with Crippen LogP contribution in [-0.2, 0) is 17.7 Å². The highest BCUT2D eigenvalue weighted by Gasteiger charge is 2.24. The first-order valence-corrected chi connectivity index (χ1v) is 10.5. The molecular weight excluding hydrogens is 362 g/mol. The van der Waals surface area contributed by atoms with Crippen LogP contribution in [0.5, 0.6) is 0 Å². The zero-order valence-corrected chi connectivity index (χ0v) is 17.7. The predicted molar refractivity (Wildman–Crippen MR) is 117 cm³/mol. The lowest BCUT2D eigenvalue weighted by Crippen LogP contribution is -2.36. The van der Waals surface area contributed by atoms with Crippen molar-refractivity contribution in [3.8, 4) is 0 Å². The molecule has 29 heavy (non-hydrogen) atoms. The second kappa shape index (κ2) is 11.0. The van der Waals surface area contributed by atoms with E-state index in [1.54, 1.807) is 0 Å². The molecule has 1 amide bonds. The Kier molecular flexibility index (Phi) is 8.08. The van der Waals surface area contributed by atoms with E-state index >= 15 is 0 Å². The number of likely N-dealkylation sites (N-methyl/N-ethyl adjacent to an activating group) is 1. The Morgan fingerprint density at radius 1 is 1.03 bits per heavy atom. The molecule has 0 bridgehead atoms. The van der Waals surface area contributed by atoms with Crippen LogP contribution >= 0.6 is 0 Å². The minimum Gasteiger partial charge on any atom is -0.448 e. The van der Waals surface area contributed by atoms with Crippen LogP contribution in [0.4, 0.5) is 4.79 Å². The molecule has 1 aliphatic rings. The van der Waals surface area contributed by atoms with E-state index in [-0.39, 0.29) is 6.09 Å². The lowest BCUT2D eigenvalue weighted by Gasteiger charge is -2.24. The van der Waals surface area contributed by atoms with Crippen LogP contribution in [0.25, 0.3) is 0 Å². The SMILES string of the molecule is CN(C)[C@H]1CCN(CCOC(=O)N(CCc2ccccc2)Cc2ccccc2)C1. The van der Waals surface area contributed by atoms with Gasteiger partial charge in [-0.2, -0.15) is 0 Å². The number of hydrogen-bond donors (Lipinski definition) is 0. The van der Waals surface area contributed by atoms with E-state index in [0.717, 1.165) is 31.6 Å². The summed E-state index contributed by atoms with van der Waals surface area (Å²) in [6, 6.07) is 21.0. The summed E-state index contributed by atoms with van der Waals surface area (Å²) >= 11 is 0. The Labute approximate surface area is 174 Å². The van der Waals surface area contributed by atoms with Crippen LogP contribution in [0.3, 0.4) is 0 Å². The maximum atomic E-state index is 12.8. The van der Waals surface area contributed by atoms with E-state index in [4.69, 9.17) is 4.74 Å². The third-order valence-corrected chi connectivity index (χ3v) is 5.60. The molecule has 0 aliphatic carbocycles. The third kappa shape index (κ3) is 6.87. The summed E-state index contributed by atoms with van der Waals surface area (Å²) in [7, 11) is 4.25. The maximum absolute atomic E-state index is 12.8. The minimum absolute atomic E-state index is 0.229. The highest BCUT2D eigenvalue weighted by atomic mass is 16.6. The van der Waals surface area contributed by atoms with Gasteiger partial charge in [-0.25, -0.2) is 4.79 Å². The van der Waals surface area contributed by atoms with Gasteiger partial charge in [0.05, 0.1) is 0 Å². The first-order valence-electron chi connectivity index (χ1n) is 10.5. The van der Waals surface area contributed by atoms with Crippen LogP contribution in [0.15, 0.2) is 60.7 Å². The molecule has 1 aliphatic heterocycles. The van der Waals surface area contributed by atoms with Gasteiger partial charge < -0.3 is 14.5 Å². The van der Waals surface area contributed by atoms with Gasteiger partial charge in [0.1, 0.15) is 6.61 Å². The summed E-state index contributed by atoms with van der Waals surface area (Å²) in [6.45, 7) is 4.57. The van der Waals surface area contributed by atoms with Gasteiger partial charge in [0.2, 0.25) is 0 Å². The number of benzene rings is 2. The molecule has 5 heteroatoms. The fourth-order valence-electron chi connectivity index (χ4n) is 3.74. The van der Waals surface area contributed by atoms with Crippen molar-refractivity contribution in [3.05, 3.63) is 71.8 Å². The van der Waals surface area contributed by atoms with E-state index in [0.29, 0.717) is 25.7 Å². The molecule has 156 valence electrons. The summed E-state index contributed by atoms with van der Waals surface area (Å²) < 4.78 is 5.65. The molecule has 2 aromatic carbocycles. The Bertz CT molecular complexity index is 736. The Morgan fingerprint density at radius 2 is 1.69 bits per heavy atom. The van der Waals surface area contributed by atoms with Crippen molar-refractivity contribution < 1.29 is 9.53 Å². The monoisotopic (exact) mass is 395 g/mol. The lowest BCUT2D eigenvalue weighted by atomic mass is 10.1. The second-order valence-corrected chi connectivity index (χ2v) is 7.96. The quantitative estimate of drug-likeness (QED) is 0.651. The fraction of sp³-hybridized carbons (Fsp3) is 0.458. The van der Waals surface area contributed by atoms with Gasteiger partial charge in [0, 0.05) is 32.2 Å². The van der Waals surface area contributed by atoms with Crippen molar-refractivity contribution in [1.82, 2.24) is 14.7 Å². The minimum atomic E-state index is -0.229. The molecule has 0 unspecified atom stereocenters. The molecule has 3 rings (SSSR count). The maximum Gasteiger partial charge on any atom is 0.410 e. The summed E-state index contributed by atoms with van der Waals surface area (Å²) in [5.41, 5.74) is 2.34. The van der Waals surface area contributed by atoms with Gasteiger partial charge in [-0.3, -0.25) is 4.90 Å². The van der Waals surface area contributed by atoms with Crippen LogP contribution in [0.2, 0.25) is 0 Å². The highest BCUT2D eigenvalue weighted by Crippen LogP contribution is 2.13. The number of hydrogen-bond acceptors (Lipinski definition) is 4.